The third kappa shape index (κ3) is 2.37. The van der Waals surface area contributed by atoms with Gasteiger partial charge in [0.1, 0.15) is 0 Å². The number of likely N-dealkylation sites (N-methyl/N-ethyl adjacent to an activating group) is 1. The summed E-state index contributed by atoms with van der Waals surface area (Å²) in [5.74, 6) is 5.47. The molecule has 1 aliphatic rings. The van der Waals surface area contributed by atoms with Crippen LogP contribution < -0.4 is 15.6 Å². The van der Waals surface area contributed by atoms with Gasteiger partial charge in [0, 0.05) is 32.2 Å². The molecule has 0 saturated carbocycles. The fourth-order valence-corrected chi connectivity index (χ4v) is 1.69. The van der Waals surface area contributed by atoms with Crippen molar-refractivity contribution in [3.8, 4) is 5.88 Å². The van der Waals surface area contributed by atoms with E-state index in [4.69, 9.17) is 5.90 Å². The first-order valence-electron chi connectivity index (χ1n) is 5.06. The summed E-state index contributed by atoms with van der Waals surface area (Å²) in [6, 6.07) is 3.77. The second kappa shape index (κ2) is 4.46. The highest BCUT2D eigenvalue weighted by molar-refractivity contribution is 5.45. The summed E-state index contributed by atoms with van der Waals surface area (Å²) >= 11 is 0. The Bertz CT molecular complexity index is 306. The molecule has 2 rings (SSSR count). The van der Waals surface area contributed by atoms with Gasteiger partial charge in [-0.1, -0.05) is 0 Å². The van der Waals surface area contributed by atoms with Crippen LogP contribution in [0.2, 0.25) is 0 Å². The summed E-state index contributed by atoms with van der Waals surface area (Å²) < 4.78 is 0. The maximum absolute atomic E-state index is 5.01. The van der Waals surface area contributed by atoms with E-state index in [9.17, 15) is 0 Å². The summed E-state index contributed by atoms with van der Waals surface area (Å²) in [4.78, 5) is 13.3. The second-order valence-corrected chi connectivity index (χ2v) is 3.76. The zero-order valence-corrected chi connectivity index (χ0v) is 8.89. The molecule has 0 aromatic carbocycles. The fraction of sp³-hybridized carbons (Fsp3) is 0.500. The third-order valence-corrected chi connectivity index (χ3v) is 2.71. The molecule has 0 unspecified atom stereocenters. The largest absolute Gasteiger partial charge is 0.391 e. The number of hydrogen-bond acceptors (Lipinski definition) is 5. The first-order valence-corrected chi connectivity index (χ1v) is 5.06. The van der Waals surface area contributed by atoms with Crippen molar-refractivity contribution in [2.24, 2.45) is 5.90 Å². The molecule has 0 atom stereocenters. The van der Waals surface area contributed by atoms with Gasteiger partial charge in [0.05, 0.1) is 11.9 Å². The van der Waals surface area contributed by atoms with Crippen LogP contribution in [-0.2, 0) is 0 Å². The van der Waals surface area contributed by atoms with E-state index in [2.05, 4.69) is 26.7 Å². The lowest BCUT2D eigenvalue weighted by Gasteiger charge is -2.33. The highest BCUT2D eigenvalue weighted by Gasteiger charge is 2.14. The number of anilines is 1. The standard InChI is InChI=1S/C10H16N4O/c1-13-4-6-14(7-5-13)9-2-3-10(15-11)12-8-9/h2-3,8H,4-7,11H2,1H3. The third-order valence-electron chi connectivity index (χ3n) is 2.71. The minimum atomic E-state index is 0.452. The average Bonchev–Trinajstić information content (AvgIpc) is 2.30. The van der Waals surface area contributed by atoms with Crippen molar-refractivity contribution < 1.29 is 4.84 Å². The van der Waals surface area contributed by atoms with Crippen molar-refractivity contribution in [2.75, 3.05) is 38.1 Å². The Morgan fingerprint density at radius 3 is 2.53 bits per heavy atom. The molecule has 82 valence electrons. The lowest BCUT2D eigenvalue weighted by atomic mass is 10.3. The topological polar surface area (TPSA) is 54.6 Å². The molecule has 2 heterocycles. The first kappa shape index (κ1) is 10.2. The highest BCUT2D eigenvalue weighted by Crippen LogP contribution is 2.16. The average molecular weight is 208 g/mol. The molecule has 2 N–H and O–H groups in total. The molecule has 1 aromatic heterocycles. The van der Waals surface area contributed by atoms with Gasteiger partial charge in [-0.15, -0.1) is 0 Å². The van der Waals surface area contributed by atoms with E-state index in [-0.39, 0.29) is 0 Å². The molecule has 0 bridgehead atoms. The van der Waals surface area contributed by atoms with Gasteiger partial charge in [-0.3, -0.25) is 0 Å². The summed E-state index contributed by atoms with van der Waals surface area (Å²) in [6.45, 7) is 4.27. The number of nitrogens with zero attached hydrogens (tertiary/aromatic N) is 3. The Kier molecular flexibility index (Phi) is 3.03. The Labute approximate surface area is 89.4 Å². The number of rotatable bonds is 2. The van der Waals surface area contributed by atoms with Crippen LogP contribution in [0.15, 0.2) is 18.3 Å². The van der Waals surface area contributed by atoms with Crippen molar-refractivity contribution in [3.63, 3.8) is 0 Å². The van der Waals surface area contributed by atoms with Gasteiger partial charge < -0.3 is 14.6 Å². The highest BCUT2D eigenvalue weighted by atomic mass is 16.6. The summed E-state index contributed by atoms with van der Waals surface area (Å²) in [7, 11) is 2.14. The molecule has 0 spiro atoms. The van der Waals surface area contributed by atoms with Gasteiger partial charge in [0.2, 0.25) is 5.88 Å². The van der Waals surface area contributed by atoms with Crippen LogP contribution >= 0.6 is 0 Å². The van der Waals surface area contributed by atoms with E-state index in [1.807, 2.05) is 6.07 Å². The molecule has 1 fully saturated rings. The molecule has 1 aromatic rings. The maximum atomic E-state index is 5.01. The quantitative estimate of drug-likeness (QED) is 0.698. The fourth-order valence-electron chi connectivity index (χ4n) is 1.69. The van der Waals surface area contributed by atoms with E-state index in [0.717, 1.165) is 31.9 Å². The Balaban J connectivity index is 2.03. The van der Waals surface area contributed by atoms with Crippen molar-refractivity contribution in [1.82, 2.24) is 9.88 Å². The van der Waals surface area contributed by atoms with Crippen molar-refractivity contribution in [2.45, 2.75) is 0 Å². The summed E-state index contributed by atoms with van der Waals surface area (Å²) in [5.41, 5.74) is 1.13. The van der Waals surface area contributed by atoms with Gasteiger partial charge in [0.15, 0.2) is 0 Å². The van der Waals surface area contributed by atoms with Crippen LogP contribution in [-0.4, -0.2) is 43.1 Å². The number of aromatic nitrogens is 1. The molecule has 5 heteroatoms. The second-order valence-electron chi connectivity index (χ2n) is 3.76. The van der Waals surface area contributed by atoms with E-state index >= 15 is 0 Å². The Morgan fingerprint density at radius 2 is 2.00 bits per heavy atom. The zero-order chi connectivity index (χ0) is 10.7. The SMILES string of the molecule is CN1CCN(c2ccc(ON)nc2)CC1. The summed E-state index contributed by atoms with van der Waals surface area (Å²) in [5, 5.41) is 0. The smallest absolute Gasteiger partial charge is 0.237 e. The molecule has 5 nitrogen and oxygen atoms in total. The molecular formula is C10H16N4O. The lowest BCUT2D eigenvalue weighted by molar-refractivity contribution is 0.311. The van der Waals surface area contributed by atoms with Crippen molar-refractivity contribution in [1.29, 1.82) is 0 Å². The molecule has 0 amide bonds. The molecular weight excluding hydrogens is 192 g/mol. The molecule has 0 aliphatic carbocycles. The van der Waals surface area contributed by atoms with Crippen molar-refractivity contribution >= 4 is 5.69 Å². The van der Waals surface area contributed by atoms with E-state index in [1.54, 1.807) is 12.3 Å². The number of pyridine rings is 1. The predicted molar refractivity (Wildman–Crippen MR) is 58.8 cm³/mol. The van der Waals surface area contributed by atoms with Gasteiger partial charge in [-0.2, -0.15) is 5.90 Å². The molecule has 1 aliphatic heterocycles. The van der Waals surface area contributed by atoms with Gasteiger partial charge in [0.25, 0.3) is 0 Å². The lowest BCUT2D eigenvalue weighted by Crippen LogP contribution is -2.44. The normalized spacial score (nSPS) is 17.9. The van der Waals surface area contributed by atoms with Crippen LogP contribution in [0.4, 0.5) is 5.69 Å². The zero-order valence-electron chi connectivity index (χ0n) is 8.89. The number of piperazine rings is 1. The number of hydrogen-bond donors (Lipinski definition) is 1. The summed E-state index contributed by atoms with van der Waals surface area (Å²) in [6.07, 6.45) is 1.80. The van der Waals surface area contributed by atoms with Gasteiger partial charge in [-0.05, 0) is 13.1 Å². The number of nitrogens with two attached hydrogens (primary N) is 1. The molecule has 15 heavy (non-hydrogen) atoms. The van der Waals surface area contributed by atoms with E-state index in [1.165, 1.54) is 0 Å². The van der Waals surface area contributed by atoms with Crippen LogP contribution in [0.1, 0.15) is 0 Å². The minimum absolute atomic E-state index is 0.452. The first-order chi connectivity index (χ1) is 7.29. The Hall–Kier alpha value is -1.33. The van der Waals surface area contributed by atoms with E-state index < -0.39 is 0 Å². The minimum Gasteiger partial charge on any atom is -0.391 e. The van der Waals surface area contributed by atoms with Crippen LogP contribution in [0, 0.1) is 0 Å². The monoisotopic (exact) mass is 208 g/mol. The maximum Gasteiger partial charge on any atom is 0.237 e. The van der Waals surface area contributed by atoms with Crippen molar-refractivity contribution in [3.05, 3.63) is 18.3 Å². The predicted octanol–water partition coefficient (Wildman–Crippen LogP) is 0.0859. The Morgan fingerprint density at radius 1 is 1.27 bits per heavy atom. The molecule has 0 radical (unpaired) electrons. The van der Waals surface area contributed by atoms with Crippen LogP contribution in [0.3, 0.4) is 0 Å². The molecule has 1 saturated heterocycles. The van der Waals surface area contributed by atoms with Gasteiger partial charge >= 0.3 is 0 Å². The van der Waals surface area contributed by atoms with Crippen LogP contribution in [0.5, 0.6) is 5.88 Å². The van der Waals surface area contributed by atoms with Crippen LogP contribution in [0.25, 0.3) is 0 Å². The van der Waals surface area contributed by atoms with E-state index in [0.29, 0.717) is 5.88 Å². The van der Waals surface area contributed by atoms with Gasteiger partial charge in [-0.25, -0.2) is 4.98 Å².